The van der Waals surface area contributed by atoms with Gasteiger partial charge in [0.1, 0.15) is 11.6 Å². The Labute approximate surface area is 179 Å². The van der Waals surface area contributed by atoms with Crippen LogP contribution >= 0.6 is 11.3 Å². The predicted molar refractivity (Wildman–Crippen MR) is 121 cm³/mol. The highest BCUT2D eigenvalue weighted by Gasteiger charge is 2.16. The van der Waals surface area contributed by atoms with E-state index in [-0.39, 0.29) is 12.3 Å². The largest absolute Gasteiger partial charge is 0.496 e. The molecule has 7 heteroatoms. The van der Waals surface area contributed by atoms with E-state index in [1.54, 1.807) is 23.1 Å². The van der Waals surface area contributed by atoms with Crippen molar-refractivity contribution in [2.24, 2.45) is 0 Å². The number of fused-ring (bicyclic) bond motifs is 1. The first-order chi connectivity index (χ1) is 14.3. The molecule has 1 amide bonds. The molecule has 0 aliphatic heterocycles. The molecule has 4 rings (SSSR count). The fraction of sp³-hybridized carbons (Fsp3) is 0.261. The first kappa shape index (κ1) is 20.1. The maximum atomic E-state index is 12.7. The average Bonchev–Trinajstić information content (AvgIpc) is 3.25. The molecular formula is C23H24N4O2S. The van der Waals surface area contributed by atoms with Gasteiger partial charge >= 0.3 is 0 Å². The number of ether oxygens (including phenoxy) is 1. The zero-order chi connectivity index (χ0) is 21.4. The highest BCUT2D eigenvalue weighted by atomic mass is 32.1. The van der Waals surface area contributed by atoms with Crippen molar-refractivity contribution in [3.05, 3.63) is 64.3 Å². The van der Waals surface area contributed by atoms with Crippen LogP contribution in [0.1, 0.15) is 27.9 Å². The SMILES string of the molecule is COc1ccc(CC(=O)Nc2cc(C)nn2-c2nc3c(C)cc(C)cc3s2)cc1C. The molecule has 6 nitrogen and oxygen atoms in total. The van der Waals surface area contributed by atoms with Crippen LogP contribution in [-0.2, 0) is 11.2 Å². The van der Waals surface area contributed by atoms with Crippen molar-refractivity contribution in [2.75, 3.05) is 12.4 Å². The second kappa shape index (κ2) is 7.91. The Bertz CT molecular complexity index is 1260. The summed E-state index contributed by atoms with van der Waals surface area (Å²) in [4.78, 5) is 17.5. The second-order valence-corrected chi connectivity index (χ2v) is 8.55. The van der Waals surface area contributed by atoms with E-state index in [1.165, 1.54) is 5.56 Å². The highest BCUT2D eigenvalue weighted by molar-refractivity contribution is 7.20. The van der Waals surface area contributed by atoms with E-state index >= 15 is 0 Å². The molecule has 2 aromatic carbocycles. The maximum Gasteiger partial charge on any atom is 0.229 e. The highest BCUT2D eigenvalue weighted by Crippen LogP contribution is 2.30. The molecule has 4 aromatic rings. The summed E-state index contributed by atoms with van der Waals surface area (Å²) in [6.07, 6.45) is 0.271. The van der Waals surface area contributed by atoms with Crippen LogP contribution in [0.2, 0.25) is 0 Å². The van der Waals surface area contributed by atoms with E-state index < -0.39 is 0 Å². The van der Waals surface area contributed by atoms with E-state index in [0.29, 0.717) is 5.82 Å². The summed E-state index contributed by atoms with van der Waals surface area (Å²) < 4.78 is 8.12. The lowest BCUT2D eigenvalue weighted by Gasteiger charge is -2.09. The molecule has 0 unspecified atom stereocenters. The number of carbonyl (C=O) groups excluding carboxylic acids is 1. The molecule has 0 aliphatic carbocycles. The molecule has 0 atom stereocenters. The van der Waals surface area contributed by atoms with Crippen LogP contribution in [0, 0.1) is 27.7 Å². The van der Waals surface area contributed by atoms with E-state index in [0.717, 1.165) is 43.5 Å². The Morgan fingerprint density at radius 3 is 2.63 bits per heavy atom. The van der Waals surface area contributed by atoms with Gasteiger partial charge in [0, 0.05) is 6.07 Å². The third-order valence-electron chi connectivity index (χ3n) is 4.92. The first-order valence-corrected chi connectivity index (χ1v) is 10.5. The number of hydrogen-bond acceptors (Lipinski definition) is 5. The number of nitrogens with one attached hydrogen (secondary N) is 1. The maximum absolute atomic E-state index is 12.7. The van der Waals surface area contributed by atoms with Gasteiger partial charge in [-0.1, -0.05) is 29.5 Å². The number of aryl methyl sites for hydroxylation is 4. The quantitative estimate of drug-likeness (QED) is 0.498. The minimum Gasteiger partial charge on any atom is -0.496 e. The number of amides is 1. The topological polar surface area (TPSA) is 69.0 Å². The molecule has 1 N–H and O–H groups in total. The molecule has 2 aromatic heterocycles. The fourth-order valence-corrected chi connectivity index (χ4v) is 4.71. The molecular weight excluding hydrogens is 396 g/mol. The van der Waals surface area contributed by atoms with Crippen LogP contribution in [0.4, 0.5) is 5.82 Å². The molecule has 0 aliphatic rings. The lowest BCUT2D eigenvalue weighted by molar-refractivity contribution is -0.115. The first-order valence-electron chi connectivity index (χ1n) is 9.72. The monoisotopic (exact) mass is 420 g/mol. The van der Waals surface area contributed by atoms with Crippen molar-refractivity contribution in [1.82, 2.24) is 14.8 Å². The van der Waals surface area contributed by atoms with Gasteiger partial charge in [0.25, 0.3) is 0 Å². The molecule has 30 heavy (non-hydrogen) atoms. The van der Waals surface area contributed by atoms with Gasteiger partial charge in [-0.25, -0.2) is 4.98 Å². The molecule has 0 radical (unpaired) electrons. The Morgan fingerprint density at radius 1 is 1.10 bits per heavy atom. The zero-order valence-corrected chi connectivity index (χ0v) is 18.6. The summed E-state index contributed by atoms with van der Waals surface area (Å²) in [5, 5.41) is 8.29. The molecule has 0 saturated heterocycles. The fourth-order valence-electron chi connectivity index (χ4n) is 3.61. The molecule has 154 valence electrons. The van der Waals surface area contributed by atoms with Crippen molar-refractivity contribution in [3.63, 3.8) is 0 Å². The van der Waals surface area contributed by atoms with Gasteiger partial charge < -0.3 is 10.1 Å². The average molecular weight is 421 g/mol. The number of methoxy groups -OCH3 is 1. The molecule has 0 fully saturated rings. The Morgan fingerprint density at radius 2 is 1.90 bits per heavy atom. The van der Waals surface area contributed by atoms with Gasteiger partial charge in [-0.05, 0) is 62.1 Å². The summed E-state index contributed by atoms with van der Waals surface area (Å²) in [7, 11) is 1.64. The number of benzene rings is 2. The van der Waals surface area contributed by atoms with E-state index in [1.807, 2.05) is 38.1 Å². The van der Waals surface area contributed by atoms with Crippen molar-refractivity contribution in [2.45, 2.75) is 34.1 Å². The van der Waals surface area contributed by atoms with Gasteiger partial charge in [-0.3, -0.25) is 4.79 Å². The summed E-state index contributed by atoms with van der Waals surface area (Å²) in [5.41, 5.74) is 6.06. The van der Waals surface area contributed by atoms with Crippen molar-refractivity contribution in [3.8, 4) is 10.9 Å². The van der Waals surface area contributed by atoms with Crippen LogP contribution in [-0.4, -0.2) is 27.8 Å². The smallest absolute Gasteiger partial charge is 0.229 e. The van der Waals surface area contributed by atoms with Gasteiger partial charge in [0.15, 0.2) is 0 Å². The van der Waals surface area contributed by atoms with Crippen LogP contribution < -0.4 is 10.1 Å². The van der Waals surface area contributed by atoms with Gasteiger partial charge in [0.2, 0.25) is 11.0 Å². The number of hydrogen-bond donors (Lipinski definition) is 1. The van der Waals surface area contributed by atoms with E-state index in [9.17, 15) is 4.79 Å². The molecule has 2 heterocycles. The van der Waals surface area contributed by atoms with E-state index in [4.69, 9.17) is 9.72 Å². The number of aromatic nitrogens is 3. The third kappa shape index (κ3) is 3.93. The zero-order valence-electron chi connectivity index (χ0n) is 17.7. The Hall–Kier alpha value is -3.19. The Kier molecular flexibility index (Phi) is 5.30. The number of nitrogens with zero attached hydrogens (tertiary/aromatic N) is 3. The van der Waals surface area contributed by atoms with Gasteiger partial charge in [-0.15, -0.1) is 0 Å². The molecule has 0 spiro atoms. The lowest BCUT2D eigenvalue weighted by atomic mass is 10.1. The van der Waals surface area contributed by atoms with Crippen LogP contribution in [0.3, 0.4) is 0 Å². The van der Waals surface area contributed by atoms with Crippen LogP contribution in [0.25, 0.3) is 15.3 Å². The summed E-state index contributed by atoms with van der Waals surface area (Å²) in [5.74, 6) is 1.33. The van der Waals surface area contributed by atoms with Crippen molar-refractivity contribution in [1.29, 1.82) is 0 Å². The standard InChI is InChI=1S/C23H24N4O2S/c1-13-8-15(3)22-19(9-13)30-23(25-22)27-20(11-16(4)26-27)24-21(28)12-17-6-7-18(29-5)14(2)10-17/h6-11H,12H2,1-5H3,(H,24,28). The van der Waals surface area contributed by atoms with Gasteiger partial charge in [-0.2, -0.15) is 9.78 Å². The number of rotatable bonds is 5. The van der Waals surface area contributed by atoms with Crippen molar-refractivity contribution >= 4 is 33.3 Å². The molecule has 0 bridgehead atoms. The third-order valence-corrected chi connectivity index (χ3v) is 5.90. The predicted octanol–water partition coefficient (Wildman–Crippen LogP) is 4.91. The summed E-state index contributed by atoms with van der Waals surface area (Å²) in [6, 6.07) is 11.9. The summed E-state index contributed by atoms with van der Waals surface area (Å²) in [6.45, 7) is 8.01. The van der Waals surface area contributed by atoms with E-state index in [2.05, 4.69) is 36.4 Å². The lowest BCUT2D eigenvalue weighted by Crippen LogP contribution is -2.17. The number of thiazole rings is 1. The van der Waals surface area contributed by atoms with Crippen LogP contribution in [0.5, 0.6) is 5.75 Å². The van der Waals surface area contributed by atoms with Crippen molar-refractivity contribution < 1.29 is 9.53 Å². The number of anilines is 1. The normalized spacial score (nSPS) is 11.1. The minimum atomic E-state index is -0.103. The number of carbonyl (C=O) groups is 1. The Balaban J connectivity index is 1.60. The van der Waals surface area contributed by atoms with Crippen LogP contribution in [0.15, 0.2) is 36.4 Å². The summed E-state index contributed by atoms with van der Waals surface area (Å²) >= 11 is 1.57. The second-order valence-electron chi connectivity index (χ2n) is 7.54. The van der Waals surface area contributed by atoms with Gasteiger partial charge in [0.05, 0.1) is 29.4 Å². The molecule has 0 saturated carbocycles. The minimum absolute atomic E-state index is 0.103.